The molecule has 1 unspecified atom stereocenters. The third-order valence-electron chi connectivity index (χ3n) is 3.43. The van der Waals surface area contributed by atoms with Gasteiger partial charge in [-0.2, -0.15) is 0 Å². The van der Waals surface area contributed by atoms with Crippen LogP contribution >= 0.6 is 0 Å². The topological polar surface area (TPSA) is 57.5 Å². The zero-order valence-corrected chi connectivity index (χ0v) is 15.3. The number of carbonyl (C=O) groups is 1. The first kappa shape index (κ1) is 22.9. The zero-order valence-electron chi connectivity index (χ0n) is 15.3. The Bertz CT molecular complexity index is 493. The van der Waals surface area contributed by atoms with Gasteiger partial charge in [-0.3, -0.25) is 0 Å². The van der Waals surface area contributed by atoms with Crippen LogP contribution in [-0.2, 0) is 4.79 Å². The van der Waals surface area contributed by atoms with Gasteiger partial charge in [-0.15, -0.1) is 0 Å². The molecule has 0 aromatic rings. The average Bonchev–Trinajstić information content (AvgIpc) is 2.58. The largest absolute Gasteiger partial charge is 0.478 e. The van der Waals surface area contributed by atoms with Crippen LogP contribution in [0.5, 0.6) is 0 Å². The van der Waals surface area contributed by atoms with Crippen LogP contribution in [0.15, 0.2) is 72.9 Å². The van der Waals surface area contributed by atoms with Gasteiger partial charge < -0.3 is 10.2 Å². The first-order valence-electron chi connectivity index (χ1n) is 9.07. The highest BCUT2D eigenvalue weighted by molar-refractivity contribution is 5.80. The molecule has 138 valence electrons. The van der Waals surface area contributed by atoms with Gasteiger partial charge in [-0.1, -0.05) is 99.4 Å². The highest BCUT2D eigenvalue weighted by atomic mass is 16.4. The molecule has 3 nitrogen and oxygen atoms in total. The van der Waals surface area contributed by atoms with Crippen LogP contribution in [0, 0.1) is 0 Å². The van der Waals surface area contributed by atoms with Crippen LogP contribution < -0.4 is 0 Å². The maximum absolute atomic E-state index is 10.2. The molecule has 0 fully saturated rings. The third kappa shape index (κ3) is 19.8. The van der Waals surface area contributed by atoms with Crippen molar-refractivity contribution in [1.82, 2.24) is 0 Å². The van der Waals surface area contributed by atoms with Gasteiger partial charge in [0.25, 0.3) is 0 Å². The number of aliphatic hydroxyl groups excluding tert-OH is 1. The Hall–Kier alpha value is -2.13. The van der Waals surface area contributed by atoms with E-state index >= 15 is 0 Å². The number of allylic oxidation sites excluding steroid dienone is 11. The van der Waals surface area contributed by atoms with Gasteiger partial charge in [-0.05, 0) is 19.3 Å². The minimum atomic E-state index is -0.951. The van der Waals surface area contributed by atoms with Crippen molar-refractivity contribution in [1.29, 1.82) is 0 Å². The molecule has 0 aliphatic rings. The Morgan fingerprint density at radius 2 is 1.36 bits per heavy atom. The Labute approximate surface area is 152 Å². The first-order chi connectivity index (χ1) is 12.2. The van der Waals surface area contributed by atoms with Gasteiger partial charge in [0.2, 0.25) is 0 Å². The van der Waals surface area contributed by atoms with Crippen LogP contribution in [0.4, 0.5) is 0 Å². The molecule has 0 saturated carbocycles. The number of hydrogen-bond donors (Lipinski definition) is 2. The van der Waals surface area contributed by atoms with E-state index in [1.807, 2.05) is 42.5 Å². The molecule has 0 bridgehead atoms. The van der Waals surface area contributed by atoms with Crippen LogP contribution in [0.3, 0.4) is 0 Å². The number of aliphatic hydroxyl groups is 1. The van der Waals surface area contributed by atoms with Crippen molar-refractivity contribution in [2.75, 3.05) is 0 Å². The van der Waals surface area contributed by atoms with E-state index in [2.05, 4.69) is 13.0 Å². The standard InChI is InChI=1S/C22H32O3/c1-2-3-4-15-18-21(23)19-16-13-11-9-7-5-6-8-10-12-14-17-20-22(24)25/h5-14,17,20-21,23H,2-4,15-16,18-19H2,1H3,(H,24,25)/b6-5+,9-7+,10-8+,13-11+,14-12+,20-17+. The highest BCUT2D eigenvalue weighted by Crippen LogP contribution is 2.09. The van der Waals surface area contributed by atoms with Crippen molar-refractivity contribution in [3.63, 3.8) is 0 Å². The summed E-state index contributed by atoms with van der Waals surface area (Å²) in [6.45, 7) is 2.19. The third-order valence-corrected chi connectivity index (χ3v) is 3.43. The summed E-state index contributed by atoms with van der Waals surface area (Å²) in [5, 5.41) is 18.2. The van der Waals surface area contributed by atoms with Crippen molar-refractivity contribution in [2.24, 2.45) is 0 Å². The van der Waals surface area contributed by atoms with E-state index in [4.69, 9.17) is 5.11 Å². The Balaban J connectivity index is 3.72. The average molecular weight is 344 g/mol. The van der Waals surface area contributed by atoms with Gasteiger partial charge in [0.15, 0.2) is 0 Å². The number of carboxylic acid groups (broad SMARTS) is 1. The fourth-order valence-electron chi connectivity index (χ4n) is 2.07. The molecule has 0 aliphatic carbocycles. The normalized spacial score (nSPS) is 14.3. The molecule has 0 spiro atoms. The lowest BCUT2D eigenvalue weighted by Crippen LogP contribution is -2.05. The van der Waals surface area contributed by atoms with Crippen LogP contribution in [0.2, 0.25) is 0 Å². The SMILES string of the molecule is CCCCCCC(O)CC/C=C/C=C/C=C/C=C/C=C/C=C/C(=O)O. The molecule has 1 atom stereocenters. The predicted octanol–water partition coefficient (Wildman–Crippen LogP) is 5.52. The second-order valence-electron chi connectivity index (χ2n) is 5.75. The summed E-state index contributed by atoms with van der Waals surface area (Å²) in [4.78, 5) is 10.2. The van der Waals surface area contributed by atoms with E-state index in [0.29, 0.717) is 0 Å². The van der Waals surface area contributed by atoms with Gasteiger partial charge in [0.05, 0.1) is 6.10 Å². The summed E-state index contributed by atoms with van der Waals surface area (Å²) >= 11 is 0. The van der Waals surface area contributed by atoms with Crippen molar-refractivity contribution >= 4 is 5.97 Å². The molecule has 0 aromatic carbocycles. The Morgan fingerprint density at radius 1 is 0.800 bits per heavy atom. The first-order valence-corrected chi connectivity index (χ1v) is 9.07. The fourth-order valence-corrected chi connectivity index (χ4v) is 2.07. The number of unbranched alkanes of at least 4 members (excludes halogenated alkanes) is 3. The zero-order chi connectivity index (χ0) is 18.6. The van der Waals surface area contributed by atoms with Crippen LogP contribution in [0.1, 0.15) is 51.9 Å². The van der Waals surface area contributed by atoms with Crippen molar-refractivity contribution < 1.29 is 15.0 Å². The molecule has 0 aromatic heterocycles. The summed E-state index contributed by atoms with van der Waals surface area (Å²) in [6.07, 6.45) is 28.8. The van der Waals surface area contributed by atoms with Crippen molar-refractivity contribution in [3.05, 3.63) is 72.9 Å². The van der Waals surface area contributed by atoms with E-state index in [9.17, 15) is 9.90 Å². The molecular formula is C22H32O3. The second-order valence-corrected chi connectivity index (χ2v) is 5.75. The minimum Gasteiger partial charge on any atom is -0.478 e. The summed E-state index contributed by atoms with van der Waals surface area (Å²) in [6, 6.07) is 0. The van der Waals surface area contributed by atoms with Crippen LogP contribution in [-0.4, -0.2) is 22.3 Å². The molecule has 3 heteroatoms. The highest BCUT2D eigenvalue weighted by Gasteiger charge is 2.01. The van der Waals surface area contributed by atoms with Crippen molar-refractivity contribution in [2.45, 2.75) is 58.0 Å². The lowest BCUT2D eigenvalue weighted by Gasteiger charge is -2.08. The van der Waals surface area contributed by atoms with Gasteiger partial charge in [0.1, 0.15) is 0 Å². The summed E-state index contributed by atoms with van der Waals surface area (Å²) in [7, 11) is 0. The molecule has 0 amide bonds. The summed E-state index contributed by atoms with van der Waals surface area (Å²) in [5.74, 6) is -0.951. The number of aliphatic carboxylic acids is 1. The summed E-state index contributed by atoms with van der Waals surface area (Å²) in [5.41, 5.74) is 0. The second kappa shape index (κ2) is 18.2. The molecule has 0 aliphatic heterocycles. The molecule has 0 radical (unpaired) electrons. The quantitative estimate of drug-likeness (QED) is 0.248. The van der Waals surface area contributed by atoms with Gasteiger partial charge in [-0.25, -0.2) is 4.79 Å². The molecule has 0 heterocycles. The Kier molecular flexibility index (Phi) is 16.7. The van der Waals surface area contributed by atoms with Crippen LogP contribution in [0.25, 0.3) is 0 Å². The molecule has 25 heavy (non-hydrogen) atoms. The number of carboxylic acids is 1. The maximum Gasteiger partial charge on any atom is 0.328 e. The maximum atomic E-state index is 10.2. The lowest BCUT2D eigenvalue weighted by atomic mass is 10.1. The van der Waals surface area contributed by atoms with Gasteiger partial charge in [0, 0.05) is 6.08 Å². The van der Waals surface area contributed by atoms with Crippen molar-refractivity contribution in [3.8, 4) is 0 Å². The monoisotopic (exact) mass is 344 g/mol. The number of hydrogen-bond acceptors (Lipinski definition) is 2. The minimum absolute atomic E-state index is 0.172. The Morgan fingerprint density at radius 3 is 1.92 bits per heavy atom. The number of rotatable bonds is 14. The molecule has 0 rings (SSSR count). The van der Waals surface area contributed by atoms with E-state index in [0.717, 1.165) is 31.8 Å². The molecular weight excluding hydrogens is 312 g/mol. The van der Waals surface area contributed by atoms with E-state index in [1.165, 1.54) is 25.3 Å². The van der Waals surface area contributed by atoms with Gasteiger partial charge >= 0.3 is 5.97 Å². The lowest BCUT2D eigenvalue weighted by molar-refractivity contribution is -0.131. The fraction of sp³-hybridized carbons (Fsp3) is 0.409. The smallest absolute Gasteiger partial charge is 0.328 e. The van der Waals surface area contributed by atoms with E-state index in [-0.39, 0.29) is 6.10 Å². The molecule has 2 N–H and O–H groups in total. The van der Waals surface area contributed by atoms with E-state index in [1.54, 1.807) is 12.2 Å². The van der Waals surface area contributed by atoms with E-state index < -0.39 is 5.97 Å². The predicted molar refractivity (Wildman–Crippen MR) is 106 cm³/mol. The molecule has 0 saturated heterocycles. The summed E-state index contributed by atoms with van der Waals surface area (Å²) < 4.78 is 0.